The van der Waals surface area contributed by atoms with Gasteiger partial charge in [0, 0.05) is 11.5 Å². The lowest BCUT2D eigenvalue weighted by molar-refractivity contribution is -0.139. The van der Waals surface area contributed by atoms with Gasteiger partial charge in [0.2, 0.25) is 0 Å². The van der Waals surface area contributed by atoms with Crippen LogP contribution in [0.5, 0.6) is 0 Å². The maximum Gasteiger partial charge on any atom is 0.327 e. The normalized spacial score (nSPS) is 13.5. The molecule has 0 radical (unpaired) electrons. The van der Waals surface area contributed by atoms with Crippen LogP contribution in [0.25, 0.3) is 21.9 Å². The van der Waals surface area contributed by atoms with Gasteiger partial charge < -0.3 is 10.4 Å². The van der Waals surface area contributed by atoms with Crippen molar-refractivity contribution in [2.24, 2.45) is 0 Å². The minimum absolute atomic E-state index is 0.394. The summed E-state index contributed by atoms with van der Waals surface area (Å²) in [7, 11) is 0. The molecule has 146 valence electrons. The maximum atomic E-state index is 13.0. The van der Waals surface area contributed by atoms with Crippen molar-refractivity contribution in [2.75, 3.05) is 0 Å². The average molecular weight is 393 g/mol. The van der Waals surface area contributed by atoms with Crippen LogP contribution in [0.1, 0.15) is 27.4 Å². The summed E-state index contributed by atoms with van der Waals surface area (Å²) < 4.78 is 0. The molecule has 1 aliphatic rings. The highest BCUT2D eigenvalue weighted by Gasteiger charge is 2.38. The van der Waals surface area contributed by atoms with Gasteiger partial charge in [-0.2, -0.15) is 0 Å². The van der Waals surface area contributed by atoms with Crippen molar-refractivity contribution in [3.63, 3.8) is 0 Å². The van der Waals surface area contributed by atoms with Gasteiger partial charge in [-0.25, -0.2) is 4.79 Å². The molecule has 0 bridgehead atoms. The number of fused-ring (bicyclic) bond motifs is 4. The molecule has 4 aromatic rings. The van der Waals surface area contributed by atoms with E-state index < -0.39 is 23.8 Å². The predicted octanol–water partition coefficient (Wildman–Crippen LogP) is 4.84. The van der Waals surface area contributed by atoms with Crippen LogP contribution in [-0.2, 0) is 4.79 Å². The summed E-state index contributed by atoms with van der Waals surface area (Å²) in [4.78, 5) is 25.3. The van der Waals surface area contributed by atoms with E-state index in [4.69, 9.17) is 0 Å². The highest BCUT2D eigenvalue weighted by Crippen LogP contribution is 2.46. The molecule has 30 heavy (non-hydrogen) atoms. The van der Waals surface area contributed by atoms with Crippen molar-refractivity contribution < 1.29 is 14.7 Å². The van der Waals surface area contributed by atoms with Gasteiger partial charge in [0.1, 0.15) is 6.04 Å². The summed E-state index contributed by atoms with van der Waals surface area (Å²) >= 11 is 0. The second-order valence-corrected chi connectivity index (χ2v) is 7.50. The lowest BCUT2D eigenvalue weighted by Crippen LogP contribution is -2.44. The first-order valence-electron chi connectivity index (χ1n) is 9.84. The van der Waals surface area contributed by atoms with Gasteiger partial charge in [-0.3, -0.25) is 4.79 Å². The van der Waals surface area contributed by atoms with Crippen LogP contribution in [-0.4, -0.2) is 23.0 Å². The minimum atomic E-state index is -1.08. The Hall–Kier alpha value is -3.92. The zero-order valence-corrected chi connectivity index (χ0v) is 16.1. The standard InChI is InChI=1S/C26H19NO3/c28-25(18-14-13-16-7-1-2-8-17(16)15-18)27-24(26(29)30)23-21-11-5-3-9-19(21)20-10-4-6-12-22(20)23/h1-15,23-24H,(H,27,28)(H,29,30)/t24-/m0/s1. The van der Waals surface area contributed by atoms with Crippen LogP contribution in [0.2, 0.25) is 0 Å². The van der Waals surface area contributed by atoms with Crippen molar-refractivity contribution in [3.05, 3.63) is 108 Å². The molecular formula is C26H19NO3. The third kappa shape index (κ3) is 2.94. The first-order valence-corrected chi connectivity index (χ1v) is 9.84. The van der Waals surface area contributed by atoms with Crippen LogP contribution in [0.15, 0.2) is 91.0 Å². The molecule has 0 spiro atoms. The van der Waals surface area contributed by atoms with Gasteiger partial charge in [0.25, 0.3) is 5.91 Å². The summed E-state index contributed by atoms with van der Waals surface area (Å²) in [5.74, 6) is -1.89. The highest BCUT2D eigenvalue weighted by molar-refractivity contribution is 6.00. The van der Waals surface area contributed by atoms with Crippen LogP contribution in [0.4, 0.5) is 0 Å². The van der Waals surface area contributed by atoms with Crippen LogP contribution >= 0.6 is 0 Å². The number of nitrogens with one attached hydrogen (secondary N) is 1. The number of amides is 1. The molecule has 0 aromatic heterocycles. The monoisotopic (exact) mass is 393 g/mol. The van der Waals surface area contributed by atoms with E-state index in [0.717, 1.165) is 33.0 Å². The quantitative estimate of drug-likeness (QED) is 0.522. The largest absolute Gasteiger partial charge is 0.480 e. The Morgan fingerprint density at radius 2 is 1.30 bits per heavy atom. The van der Waals surface area contributed by atoms with E-state index >= 15 is 0 Å². The fraction of sp³-hybridized carbons (Fsp3) is 0.0769. The number of hydrogen-bond acceptors (Lipinski definition) is 2. The van der Waals surface area contributed by atoms with Gasteiger partial charge in [0.05, 0.1) is 0 Å². The van der Waals surface area contributed by atoms with Gasteiger partial charge in [-0.1, -0.05) is 78.9 Å². The number of carbonyl (C=O) groups is 2. The van der Waals surface area contributed by atoms with E-state index in [2.05, 4.69) is 5.32 Å². The van der Waals surface area contributed by atoms with Gasteiger partial charge in [0.15, 0.2) is 0 Å². The minimum Gasteiger partial charge on any atom is -0.480 e. The number of hydrogen-bond donors (Lipinski definition) is 2. The Kier molecular flexibility index (Phi) is 4.32. The van der Waals surface area contributed by atoms with Crippen LogP contribution in [0.3, 0.4) is 0 Å². The Bertz CT molecular complexity index is 1250. The molecule has 2 N–H and O–H groups in total. The molecular weight excluding hydrogens is 374 g/mol. The molecule has 0 unspecified atom stereocenters. The summed E-state index contributed by atoms with van der Waals surface area (Å²) in [5, 5.41) is 14.8. The molecule has 0 fully saturated rings. The van der Waals surface area contributed by atoms with Crippen molar-refractivity contribution in [3.8, 4) is 11.1 Å². The molecule has 4 heteroatoms. The molecule has 1 amide bonds. The van der Waals surface area contributed by atoms with Crippen molar-refractivity contribution in [2.45, 2.75) is 12.0 Å². The van der Waals surface area contributed by atoms with Gasteiger partial charge in [-0.15, -0.1) is 0 Å². The third-order valence-electron chi connectivity index (χ3n) is 5.78. The van der Waals surface area contributed by atoms with Crippen molar-refractivity contribution >= 4 is 22.6 Å². The number of carboxylic acids is 1. The number of carboxylic acid groups (broad SMARTS) is 1. The summed E-state index contributed by atoms with van der Waals surface area (Å²) in [6.07, 6.45) is 0. The van der Waals surface area contributed by atoms with Crippen LogP contribution in [0, 0.1) is 0 Å². The SMILES string of the molecule is O=C(N[C@H](C(=O)O)C1c2ccccc2-c2ccccc21)c1ccc2ccccc2c1. The summed E-state index contributed by atoms with van der Waals surface area (Å²) in [6.45, 7) is 0. The maximum absolute atomic E-state index is 13.0. The smallest absolute Gasteiger partial charge is 0.327 e. The molecule has 4 nitrogen and oxygen atoms in total. The molecule has 1 atom stereocenters. The zero-order valence-electron chi connectivity index (χ0n) is 16.1. The lowest BCUT2D eigenvalue weighted by Gasteiger charge is -2.23. The molecule has 0 saturated heterocycles. The third-order valence-corrected chi connectivity index (χ3v) is 5.78. The Labute approximate surface area is 173 Å². The molecule has 5 rings (SSSR count). The topological polar surface area (TPSA) is 66.4 Å². The molecule has 1 aliphatic carbocycles. The van der Waals surface area contributed by atoms with Crippen molar-refractivity contribution in [1.29, 1.82) is 0 Å². The first kappa shape index (κ1) is 18.1. The average Bonchev–Trinajstić information content (AvgIpc) is 3.11. The van der Waals surface area contributed by atoms with E-state index in [1.165, 1.54) is 0 Å². The molecule has 4 aromatic carbocycles. The van der Waals surface area contributed by atoms with E-state index in [0.29, 0.717) is 5.56 Å². The molecule has 0 saturated carbocycles. The summed E-state index contributed by atoms with van der Waals surface area (Å²) in [6, 6.07) is 27.7. The molecule has 0 aliphatic heterocycles. The second kappa shape index (κ2) is 7.16. The number of rotatable bonds is 4. The Balaban J connectivity index is 1.53. The zero-order chi connectivity index (χ0) is 20.7. The fourth-order valence-corrected chi connectivity index (χ4v) is 4.40. The highest BCUT2D eigenvalue weighted by atomic mass is 16.4. The Morgan fingerprint density at radius 1 is 0.733 bits per heavy atom. The summed E-state index contributed by atoms with van der Waals surface area (Å²) in [5.41, 5.74) is 4.32. The van der Waals surface area contributed by atoms with E-state index in [-0.39, 0.29) is 0 Å². The fourth-order valence-electron chi connectivity index (χ4n) is 4.40. The van der Waals surface area contributed by atoms with E-state index in [1.807, 2.05) is 78.9 Å². The van der Waals surface area contributed by atoms with Crippen LogP contribution < -0.4 is 5.32 Å². The molecule has 0 heterocycles. The lowest BCUT2D eigenvalue weighted by atomic mass is 9.89. The van der Waals surface area contributed by atoms with Crippen molar-refractivity contribution in [1.82, 2.24) is 5.32 Å². The van der Waals surface area contributed by atoms with Gasteiger partial charge >= 0.3 is 5.97 Å². The van der Waals surface area contributed by atoms with E-state index in [9.17, 15) is 14.7 Å². The predicted molar refractivity (Wildman–Crippen MR) is 117 cm³/mol. The number of benzene rings is 4. The van der Waals surface area contributed by atoms with E-state index in [1.54, 1.807) is 12.1 Å². The Morgan fingerprint density at radius 3 is 1.93 bits per heavy atom. The second-order valence-electron chi connectivity index (χ2n) is 7.50. The number of aliphatic carboxylic acids is 1. The first-order chi connectivity index (χ1) is 14.6. The number of carbonyl (C=O) groups excluding carboxylic acids is 1. The van der Waals surface area contributed by atoms with Gasteiger partial charge in [-0.05, 0) is 45.2 Å².